The molecule has 0 aliphatic carbocycles. The van der Waals surface area contributed by atoms with Crippen molar-refractivity contribution in [1.29, 1.82) is 0 Å². The van der Waals surface area contributed by atoms with Crippen LogP contribution in [0.3, 0.4) is 0 Å². The Hall–Kier alpha value is -1.38. The average Bonchev–Trinajstić information content (AvgIpc) is 2.25. The van der Waals surface area contributed by atoms with Crippen molar-refractivity contribution >= 4 is 11.6 Å². The summed E-state index contributed by atoms with van der Waals surface area (Å²) in [4.78, 5) is 15.5. The number of allylic oxidation sites excluding steroid dienone is 2. The van der Waals surface area contributed by atoms with Crippen molar-refractivity contribution in [3.63, 3.8) is 0 Å². The van der Waals surface area contributed by atoms with E-state index >= 15 is 0 Å². The Bertz CT molecular complexity index is 311. The molecule has 1 amide bonds. The van der Waals surface area contributed by atoms with Crippen molar-refractivity contribution in [2.24, 2.45) is 4.99 Å². The van der Waals surface area contributed by atoms with Gasteiger partial charge in [0.2, 0.25) is 0 Å². The van der Waals surface area contributed by atoms with E-state index in [9.17, 15) is 4.79 Å². The number of rotatable bonds is 1. The van der Waals surface area contributed by atoms with Crippen LogP contribution in [0.25, 0.3) is 0 Å². The van der Waals surface area contributed by atoms with Crippen LogP contribution in [0.5, 0.6) is 0 Å². The Morgan fingerprint density at radius 1 is 1.54 bits per heavy atom. The van der Waals surface area contributed by atoms with E-state index in [1.54, 1.807) is 7.05 Å². The molecule has 0 unspecified atom stereocenters. The van der Waals surface area contributed by atoms with Gasteiger partial charge in [-0.2, -0.15) is 0 Å². The second-order valence-corrected chi connectivity index (χ2v) is 3.04. The first kappa shape index (κ1) is 9.71. The Balaban J connectivity index is 2.95. The van der Waals surface area contributed by atoms with E-state index in [1.807, 2.05) is 26.0 Å². The predicted molar refractivity (Wildman–Crippen MR) is 53.9 cm³/mol. The molecule has 1 N–H and O–H groups in total. The standard InChI is InChI=1S/C10H14N2O/c1-7-4-5-12-9(8(2)6-7)10(13)11-3/h4,6H,5H2,1-3H3,(H,11,13). The molecule has 0 aromatic rings. The van der Waals surface area contributed by atoms with E-state index in [1.165, 1.54) is 0 Å². The lowest BCUT2D eigenvalue weighted by Gasteiger charge is -2.02. The summed E-state index contributed by atoms with van der Waals surface area (Å²) < 4.78 is 0. The summed E-state index contributed by atoms with van der Waals surface area (Å²) >= 11 is 0. The van der Waals surface area contributed by atoms with Crippen LogP contribution in [0, 0.1) is 0 Å². The summed E-state index contributed by atoms with van der Waals surface area (Å²) in [6.07, 6.45) is 3.97. The zero-order valence-corrected chi connectivity index (χ0v) is 8.22. The number of hydrogen-bond acceptors (Lipinski definition) is 2. The molecule has 1 heterocycles. The van der Waals surface area contributed by atoms with Crippen LogP contribution in [0.2, 0.25) is 0 Å². The van der Waals surface area contributed by atoms with E-state index in [2.05, 4.69) is 10.3 Å². The maximum atomic E-state index is 11.3. The fourth-order valence-corrected chi connectivity index (χ4v) is 1.24. The fraction of sp³-hybridized carbons (Fsp3) is 0.400. The van der Waals surface area contributed by atoms with E-state index in [-0.39, 0.29) is 5.91 Å². The zero-order chi connectivity index (χ0) is 9.84. The highest BCUT2D eigenvalue weighted by Gasteiger charge is 2.12. The van der Waals surface area contributed by atoms with Crippen LogP contribution < -0.4 is 5.32 Å². The van der Waals surface area contributed by atoms with Crippen LogP contribution in [0.15, 0.2) is 28.3 Å². The van der Waals surface area contributed by atoms with Crippen molar-refractivity contribution in [1.82, 2.24) is 5.32 Å². The molecule has 0 saturated heterocycles. The second kappa shape index (κ2) is 4.03. The van der Waals surface area contributed by atoms with Gasteiger partial charge in [-0.25, -0.2) is 0 Å². The molecule has 3 nitrogen and oxygen atoms in total. The van der Waals surface area contributed by atoms with Crippen molar-refractivity contribution < 1.29 is 4.79 Å². The lowest BCUT2D eigenvalue weighted by molar-refractivity contribution is -0.114. The van der Waals surface area contributed by atoms with E-state index in [0.717, 1.165) is 11.1 Å². The lowest BCUT2D eigenvalue weighted by Crippen LogP contribution is -2.28. The van der Waals surface area contributed by atoms with Gasteiger partial charge >= 0.3 is 0 Å². The van der Waals surface area contributed by atoms with E-state index < -0.39 is 0 Å². The smallest absolute Gasteiger partial charge is 0.269 e. The van der Waals surface area contributed by atoms with Crippen molar-refractivity contribution in [2.45, 2.75) is 13.8 Å². The van der Waals surface area contributed by atoms with Gasteiger partial charge < -0.3 is 5.32 Å². The number of nitrogens with one attached hydrogen (secondary N) is 1. The summed E-state index contributed by atoms with van der Waals surface area (Å²) in [7, 11) is 1.61. The van der Waals surface area contributed by atoms with Gasteiger partial charge in [0.25, 0.3) is 5.91 Å². The molecule has 70 valence electrons. The molecule has 1 aliphatic heterocycles. The predicted octanol–water partition coefficient (Wildman–Crippen LogP) is 1.08. The minimum absolute atomic E-state index is 0.114. The number of amides is 1. The monoisotopic (exact) mass is 178 g/mol. The summed E-state index contributed by atoms with van der Waals surface area (Å²) in [6.45, 7) is 4.49. The minimum Gasteiger partial charge on any atom is -0.354 e. The Labute approximate surface area is 78.2 Å². The first-order valence-electron chi connectivity index (χ1n) is 4.27. The molecule has 0 spiro atoms. The third-order valence-electron chi connectivity index (χ3n) is 1.92. The van der Waals surface area contributed by atoms with E-state index in [4.69, 9.17) is 0 Å². The number of nitrogens with zero attached hydrogens (tertiary/aromatic N) is 1. The Morgan fingerprint density at radius 2 is 2.23 bits per heavy atom. The quantitative estimate of drug-likeness (QED) is 0.641. The van der Waals surface area contributed by atoms with Gasteiger partial charge in [0.05, 0.1) is 6.54 Å². The van der Waals surface area contributed by atoms with Gasteiger partial charge in [0.1, 0.15) is 5.71 Å². The first-order valence-corrected chi connectivity index (χ1v) is 4.27. The maximum absolute atomic E-state index is 11.3. The number of hydrogen-bond donors (Lipinski definition) is 1. The van der Waals surface area contributed by atoms with Crippen LogP contribution in [-0.2, 0) is 4.79 Å². The topological polar surface area (TPSA) is 41.5 Å². The van der Waals surface area contributed by atoms with Gasteiger partial charge in [0, 0.05) is 7.05 Å². The average molecular weight is 178 g/mol. The van der Waals surface area contributed by atoms with Crippen molar-refractivity contribution in [2.75, 3.05) is 13.6 Å². The SMILES string of the molecule is CNC(=O)C1=NCC=C(C)C=C1C. The third kappa shape index (κ3) is 2.28. The normalized spacial score (nSPS) is 16.7. The molecule has 0 aromatic carbocycles. The first-order chi connectivity index (χ1) is 6.15. The number of aliphatic imine (C=N–C) groups is 1. The van der Waals surface area contributed by atoms with Crippen molar-refractivity contribution in [3.05, 3.63) is 23.3 Å². The van der Waals surface area contributed by atoms with Crippen molar-refractivity contribution in [3.8, 4) is 0 Å². The molecule has 0 bridgehead atoms. The zero-order valence-electron chi connectivity index (χ0n) is 8.22. The van der Waals surface area contributed by atoms with Crippen LogP contribution >= 0.6 is 0 Å². The largest absolute Gasteiger partial charge is 0.354 e. The van der Waals surface area contributed by atoms with Crippen LogP contribution in [-0.4, -0.2) is 25.2 Å². The molecule has 3 heteroatoms. The molecule has 0 atom stereocenters. The molecule has 0 aromatic heterocycles. The maximum Gasteiger partial charge on any atom is 0.269 e. The van der Waals surface area contributed by atoms with Crippen LogP contribution in [0.4, 0.5) is 0 Å². The molecule has 0 fully saturated rings. The molecular weight excluding hydrogens is 164 g/mol. The summed E-state index contributed by atoms with van der Waals surface area (Å²) in [5.41, 5.74) is 2.61. The van der Waals surface area contributed by atoms with E-state index in [0.29, 0.717) is 12.3 Å². The molecular formula is C10H14N2O. The fourth-order valence-electron chi connectivity index (χ4n) is 1.24. The van der Waals surface area contributed by atoms with Gasteiger partial charge in [0.15, 0.2) is 0 Å². The molecule has 1 rings (SSSR count). The minimum atomic E-state index is -0.114. The van der Waals surface area contributed by atoms with Gasteiger partial charge in [-0.15, -0.1) is 0 Å². The highest BCUT2D eigenvalue weighted by Crippen LogP contribution is 2.08. The highest BCUT2D eigenvalue weighted by molar-refractivity contribution is 6.45. The molecule has 1 aliphatic rings. The Kier molecular flexibility index (Phi) is 3.01. The number of carbonyl (C=O) groups excluding carboxylic acids is 1. The second-order valence-electron chi connectivity index (χ2n) is 3.04. The molecule has 0 radical (unpaired) electrons. The molecule has 13 heavy (non-hydrogen) atoms. The molecule has 0 saturated carbocycles. The lowest BCUT2D eigenvalue weighted by atomic mass is 10.1. The summed E-state index contributed by atoms with van der Waals surface area (Å²) in [6, 6.07) is 0. The third-order valence-corrected chi connectivity index (χ3v) is 1.92. The Morgan fingerprint density at radius 3 is 2.85 bits per heavy atom. The van der Waals surface area contributed by atoms with Gasteiger partial charge in [-0.3, -0.25) is 9.79 Å². The van der Waals surface area contributed by atoms with Gasteiger partial charge in [-0.05, 0) is 19.4 Å². The van der Waals surface area contributed by atoms with Gasteiger partial charge in [-0.1, -0.05) is 17.7 Å². The summed E-state index contributed by atoms with van der Waals surface area (Å²) in [5.74, 6) is -0.114. The highest BCUT2D eigenvalue weighted by atomic mass is 16.1. The van der Waals surface area contributed by atoms with Crippen LogP contribution in [0.1, 0.15) is 13.8 Å². The summed E-state index contributed by atoms with van der Waals surface area (Å²) in [5, 5.41) is 2.57. The number of carbonyl (C=O) groups is 1.